The Hall–Kier alpha value is -2.28. The fourth-order valence-electron chi connectivity index (χ4n) is 1.63. The van der Waals surface area contributed by atoms with Crippen molar-refractivity contribution < 1.29 is 22.0 Å². The molecule has 0 saturated carbocycles. The Morgan fingerprint density at radius 1 is 0.905 bits per heavy atom. The largest absolute Gasteiger partial charge is 0.325 e. The number of carbonyl (C=O) groups is 1. The third kappa shape index (κ3) is 4.09. The van der Waals surface area contributed by atoms with Crippen LogP contribution in [0.15, 0.2) is 53.4 Å². The van der Waals surface area contributed by atoms with Crippen LogP contribution in [0.2, 0.25) is 0 Å². The lowest BCUT2D eigenvalue weighted by Crippen LogP contribution is -2.23. The summed E-state index contributed by atoms with van der Waals surface area (Å²) in [5, 5.41) is 2.35. The van der Waals surface area contributed by atoms with Crippen molar-refractivity contribution in [3.05, 3.63) is 60.2 Å². The van der Waals surface area contributed by atoms with Crippen LogP contribution in [0.1, 0.15) is 0 Å². The van der Waals surface area contributed by atoms with E-state index in [0.29, 0.717) is 0 Å². The van der Waals surface area contributed by atoms with Crippen LogP contribution in [0.5, 0.6) is 0 Å². The van der Waals surface area contributed by atoms with Gasteiger partial charge in [0.2, 0.25) is 5.91 Å². The summed E-state index contributed by atoms with van der Waals surface area (Å²) in [7, 11) is -3.86. The highest BCUT2D eigenvalue weighted by Gasteiger charge is 2.19. The van der Waals surface area contributed by atoms with Crippen LogP contribution in [0.4, 0.5) is 14.5 Å². The molecule has 0 spiro atoms. The normalized spacial score (nSPS) is 11.1. The van der Waals surface area contributed by atoms with Gasteiger partial charge in [0.1, 0.15) is 17.4 Å². The first-order chi connectivity index (χ1) is 9.87. The van der Waals surface area contributed by atoms with Gasteiger partial charge in [-0.3, -0.25) is 4.79 Å². The molecular weight excluding hydrogens is 300 g/mol. The molecule has 0 saturated heterocycles. The second-order valence-electron chi connectivity index (χ2n) is 4.27. The Morgan fingerprint density at radius 3 is 1.90 bits per heavy atom. The molecule has 0 aromatic heterocycles. The lowest BCUT2D eigenvalue weighted by molar-refractivity contribution is -0.113. The third-order valence-corrected chi connectivity index (χ3v) is 4.25. The minimum atomic E-state index is -3.86. The maximum Gasteiger partial charge on any atom is 0.239 e. The lowest BCUT2D eigenvalue weighted by Gasteiger charge is -2.06. The molecule has 7 heteroatoms. The van der Waals surface area contributed by atoms with Gasteiger partial charge in [0.05, 0.1) is 4.90 Å². The van der Waals surface area contributed by atoms with Crippen molar-refractivity contribution >= 4 is 21.4 Å². The predicted octanol–water partition coefficient (Wildman–Crippen LogP) is 2.38. The molecule has 21 heavy (non-hydrogen) atoms. The second kappa shape index (κ2) is 6.01. The summed E-state index contributed by atoms with van der Waals surface area (Å²) in [6.45, 7) is 0. The van der Waals surface area contributed by atoms with Crippen molar-refractivity contribution in [3.8, 4) is 0 Å². The maximum absolute atomic E-state index is 12.8. The van der Waals surface area contributed by atoms with Crippen molar-refractivity contribution in [1.82, 2.24) is 0 Å². The van der Waals surface area contributed by atoms with Crippen LogP contribution in [0, 0.1) is 11.6 Å². The SMILES string of the molecule is O=C(CS(=O)(=O)c1ccc(F)cc1)Nc1ccc(F)cc1. The summed E-state index contributed by atoms with van der Waals surface area (Å²) < 4.78 is 49.4. The topological polar surface area (TPSA) is 63.2 Å². The van der Waals surface area contributed by atoms with Crippen LogP contribution in [0.3, 0.4) is 0 Å². The molecule has 110 valence electrons. The number of carbonyl (C=O) groups excluding carboxylic acids is 1. The quantitative estimate of drug-likeness (QED) is 0.882. The fraction of sp³-hybridized carbons (Fsp3) is 0.0714. The summed E-state index contributed by atoms with van der Waals surface area (Å²) in [6, 6.07) is 9.12. The Labute approximate surface area is 120 Å². The Kier molecular flexibility index (Phi) is 4.32. The van der Waals surface area contributed by atoms with E-state index >= 15 is 0 Å². The highest BCUT2D eigenvalue weighted by molar-refractivity contribution is 7.92. The van der Waals surface area contributed by atoms with Crippen LogP contribution in [-0.2, 0) is 14.6 Å². The van der Waals surface area contributed by atoms with Crippen LogP contribution >= 0.6 is 0 Å². The van der Waals surface area contributed by atoms with Gasteiger partial charge < -0.3 is 5.32 Å². The first-order valence-electron chi connectivity index (χ1n) is 5.90. The number of halogens is 2. The average Bonchev–Trinajstić information content (AvgIpc) is 2.41. The minimum absolute atomic E-state index is 0.141. The number of benzene rings is 2. The van der Waals surface area contributed by atoms with Crippen molar-refractivity contribution in [2.75, 3.05) is 11.1 Å². The van der Waals surface area contributed by atoms with E-state index in [-0.39, 0.29) is 10.6 Å². The Bertz CT molecular complexity index is 741. The van der Waals surface area contributed by atoms with Crippen molar-refractivity contribution in [2.24, 2.45) is 0 Å². The van der Waals surface area contributed by atoms with Crippen LogP contribution in [-0.4, -0.2) is 20.1 Å². The number of rotatable bonds is 4. The molecule has 0 heterocycles. The van der Waals surface area contributed by atoms with Gasteiger partial charge in [-0.15, -0.1) is 0 Å². The standard InChI is InChI=1S/C14H11F2NO3S/c15-10-1-5-12(6-2-10)17-14(18)9-21(19,20)13-7-3-11(16)4-8-13/h1-8H,9H2,(H,17,18). The minimum Gasteiger partial charge on any atom is -0.325 e. The summed E-state index contributed by atoms with van der Waals surface area (Å²) in [6.07, 6.45) is 0. The van der Waals surface area contributed by atoms with Crippen LogP contribution < -0.4 is 5.32 Å². The number of amides is 1. The monoisotopic (exact) mass is 311 g/mol. The molecule has 1 amide bonds. The van der Waals surface area contributed by atoms with Crippen LogP contribution in [0.25, 0.3) is 0 Å². The van der Waals surface area contributed by atoms with E-state index in [9.17, 15) is 22.0 Å². The molecule has 1 N–H and O–H groups in total. The second-order valence-corrected chi connectivity index (χ2v) is 6.26. The molecule has 4 nitrogen and oxygen atoms in total. The van der Waals surface area contributed by atoms with E-state index < -0.39 is 33.1 Å². The molecule has 2 rings (SSSR count). The molecular formula is C14H11F2NO3S. The molecule has 0 fully saturated rings. The number of anilines is 1. The van der Waals surface area contributed by atoms with Gasteiger partial charge in [-0.1, -0.05) is 0 Å². The smallest absolute Gasteiger partial charge is 0.239 e. The molecule has 0 bridgehead atoms. The molecule has 2 aromatic carbocycles. The number of hydrogen-bond acceptors (Lipinski definition) is 3. The molecule has 0 atom stereocenters. The molecule has 0 aliphatic heterocycles. The van der Waals surface area contributed by atoms with E-state index in [0.717, 1.165) is 36.4 Å². The van der Waals surface area contributed by atoms with E-state index in [4.69, 9.17) is 0 Å². The molecule has 0 aliphatic rings. The zero-order valence-electron chi connectivity index (χ0n) is 10.7. The van der Waals surface area contributed by atoms with Gasteiger partial charge >= 0.3 is 0 Å². The zero-order chi connectivity index (χ0) is 15.5. The van der Waals surface area contributed by atoms with Gasteiger partial charge in [0.15, 0.2) is 9.84 Å². The molecule has 0 unspecified atom stereocenters. The molecule has 0 aliphatic carbocycles. The third-order valence-electron chi connectivity index (χ3n) is 2.62. The van der Waals surface area contributed by atoms with E-state index in [1.54, 1.807) is 0 Å². The molecule has 2 aromatic rings. The zero-order valence-corrected chi connectivity index (χ0v) is 11.5. The maximum atomic E-state index is 12.8. The van der Waals surface area contributed by atoms with Gasteiger partial charge in [-0.25, -0.2) is 17.2 Å². The predicted molar refractivity (Wildman–Crippen MR) is 73.5 cm³/mol. The van der Waals surface area contributed by atoms with Crippen molar-refractivity contribution in [1.29, 1.82) is 0 Å². The van der Waals surface area contributed by atoms with Gasteiger partial charge in [-0.05, 0) is 48.5 Å². The van der Waals surface area contributed by atoms with Crippen molar-refractivity contribution in [2.45, 2.75) is 4.90 Å². The van der Waals surface area contributed by atoms with Gasteiger partial charge in [0.25, 0.3) is 0 Å². The van der Waals surface area contributed by atoms with E-state index in [1.807, 2.05) is 0 Å². The van der Waals surface area contributed by atoms with E-state index in [2.05, 4.69) is 5.32 Å². The lowest BCUT2D eigenvalue weighted by atomic mass is 10.3. The number of hydrogen-bond donors (Lipinski definition) is 1. The highest BCUT2D eigenvalue weighted by Crippen LogP contribution is 2.13. The summed E-state index contributed by atoms with van der Waals surface area (Å²) in [5.41, 5.74) is 0.288. The summed E-state index contributed by atoms with van der Waals surface area (Å²) >= 11 is 0. The fourth-order valence-corrected chi connectivity index (χ4v) is 2.76. The highest BCUT2D eigenvalue weighted by atomic mass is 32.2. The van der Waals surface area contributed by atoms with E-state index in [1.165, 1.54) is 12.1 Å². The molecule has 0 radical (unpaired) electrons. The summed E-state index contributed by atoms with van der Waals surface area (Å²) in [5.74, 6) is -2.57. The first kappa shape index (κ1) is 15.1. The number of nitrogens with one attached hydrogen (secondary N) is 1. The van der Waals surface area contributed by atoms with Gasteiger partial charge in [-0.2, -0.15) is 0 Å². The first-order valence-corrected chi connectivity index (χ1v) is 7.56. The summed E-state index contributed by atoms with van der Waals surface area (Å²) in [4.78, 5) is 11.6. The van der Waals surface area contributed by atoms with Gasteiger partial charge in [0, 0.05) is 5.69 Å². The van der Waals surface area contributed by atoms with Crippen molar-refractivity contribution in [3.63, 3.8) is 0 Å². The Morgan fingerprint density at radius 2 is 1.38 bits per heavy atom. The number of sulfone groups is 1. The average molecular weight is 311 g/mol. The Balaban J connectivity index is 2.07.